The summed E-state index contributed by atoms with van der Waals surface area (Å²) in [6.45, 7) is 0.961. The van der Waals surface area contributed by atoms with E-state index in [-0.39, 0.29) is 11.8 Å². The van der Waals surface area contributed by atoms with Crippen LogP contribution in [0.2, 0.25) is 5.02 Å². The minimum absolute atomic E-state index is 0.00945. The smallest absolute Gasteiger partial charge is 0.326 e. The van der Waals surface area contributed by atoms with Gasteiger partial charge in [0.05, 0.1) is 0 Å². The maximum Gasteiger partial charge on any atom is 0.326 e. The summed E-state index contributed by atoms with van der Waals surface area (Å²) in [5.41, 5.74) is -0.563. The molecule has 3 amide bonds. The average Bonchev–Trinajstić information content (AvgIpc) is 2.88. The van der Waals surface area contributed by atoms with Crippen LogP contribution < -0.4 is 5.32 Å². The number of carbonyl (C=O) groups is 4. The molecule has 27 heavy (non-hydrogen) atoms. The van der Waals surface area contributed by atoms with Crippen LogP contribution in [-0.2, 0) is 14.3 Å². The molecule has 8 heteroatoms. The van der Waals surface area contributed by atoms with Crippen molar-refractivity contribution in [2.75, 3.05) is 13.2 Å². The van der Waals surface area contributed by atoms with Crippen molar-refractivity contribution >= 4 is 35.3 Å². The molecular formula is C19H21ClN2O5. The summed E-state index contributed by atoms with van der Waals surface area (Å²) in [4.78, 5) is 50.0. The predicted molar refractivity (Wildman–Crippen MR) is 97.3 cm³/mol. The molecule has 2 aliphatic rings. The normalized spacial score (nSPS) is 24.8. The van der Waals surface area contributed by atoms with Crippen LogP contribution in [0.15, 0.2) is 24.3 Å². The fraction of sp³-hybridized carbons (Fsp3) is 0.474. The van der Waals surface area contributed by atoms with Gasteiger partial charge < -0.3 is 10.1 Å². The number of amides is 3. The van der Waals surface area contributed by atoms with Gasteiger partial charge in [0.2, 0.25) is 0 Å². The van der Waals surface area contributed by atoms with Crippen LogP contribution in [0, 0.1) is 5.92 Å². The summed E-state index contributed by atoms with van der Waals surface area (Å²) < 4.78 is 4.95. The molecule has 1 heterocycles. The lowest BCUT2D eigenvalue weighted by Crippen LogP contribution is -2.54. The number of ketones is 1. The van der Waals surface area contributed by atoms with Crippen molar-refractivity contribution in [2.45, 2.75) is 38.1 Å². The van der Waals surface area contributed by atoms with E-state index < -0.39 is 36.5 Å². The molecule has 1 saturated heterocycles. The highest BCUT2D eigenvalue weighted by Gasteiger charge is 2.55. The van der Waals surface area contributed by atoms with Gasteiger partial charge in [0.1, 0.15) is 12.1 Å². The molecule has 1 N–H and O–H groups in total. The van der Waals surface area contributed by atoms with Gasteiger partial charge in [-0.15, -0.1) is 0 Å². The summed E-state index contributed by atoms with van der Waals surface area (Å²) in [5, 5.41) is 3.26. The summed E-state index contributed by atoms with van der Waals surface area (Å²) in [5.74, 6) is -1.58. The third-order valence-corrected chi connectivity index (χ3v) is 5.57. The zero-order valence-corrected chi connectivity index (χ0v) is 15.8. The van der Waals surface area contributed by atoms with Crippen molar-refractivity contribution < 1.29 is 23.9 Å². The molecule has 7 nitrogen and oxygen atoms in total. The van der Waals surface area contributed by atoms with Crippen LogP contribution in [0.4, 0.5) is 4.79 Å². The average molecular weight is 393 g/mol. The molecule has 3 rings (SSSR count). The van der Waals surface area contributed by atoms with Gasteiger partial charge in [-0.3, -0.25) is 19.3 Å². The van der Waals surface area contributed by atoms with E-state index in [9.17, 15) is 19.2 Å². The maximum atomic E-state index is 12.8. The second-order valence-corrected chi connectivity index (χ2v) is 7.47. The SMILES string of the molecule is C[C@@H]1CCCC[C@@]12NC(=O)N(CC(=O)OCC(=O)c1ccc(Cl)cc1)C2=O. The van der Waals surface area contributed by atoms with E-state index >= 15 is 0 Å². The minimum atomic E-state index is -0.922. The Morgan fingerprint density at radius 2 is 1.96 bits per heavy atom. The van der Waals surface area contributed by atoms with Crippen molar-refractivity contribution in [1.82, 2.24) is 10.2 Å². The van der Waals surface area contributed by atoms with Crippen molar-refractivity contribution in [1.29, 1.82) is 0 Å². The molecule has 0 aromatic heterocycles. The number of carbonyl (C=O) groups excluding carboxylic acids is 4. The first-order valence-corrected chi connectivity index (χ1v) is 9.30. The zero-order chi connectivity index (χ0) is 19.6. The van der Waals surface area contributed by atoms with Gasteiger partial charge in [-0.2, -0.15) is 0 Å². The number of halogens is 1. The lowest BCUT2D eigenvalue weighted by atomic mass is 9.73. The standard InChI is InChI=1S/C19H21ClN2O5/c1-12-4-2-3-9-19(12)17(25)22(18(26)21-19)10-16(24)27-11-15(23)13-5-7-14(20)8-6-13/h5-8,12H,2-4,9-11H2,1H3,(H,21,26)/t12-,19-/m1/s1. The number of benzene rings is 1. The Hall–Kier alpha value is -2.41. The second kappa shape index (κ2) is 7.68. The number of esters is 1. The van der Waals surface area contributed by atoms with E-state index in [0.717, 1.165) is 24.2 Å². The highest BCUT2D eigenvalue weighted by atomic mass is 35.5. The minimum Gasteiger partial charge on any atom is -0.456 e. The largest absolute Gasteiger partial charge is 0.456 e. The molecule has 1 spiro atoms. The molecule has 1 aromatic rings. The van der Waals surface area contributed by atoms with Crippen molar-refractivity contribution in [3.8, 4) is 0 Å². The molecule has 1 aliphatic heterocycles. The maximum absolute atomic E-state index is 12.8. The first-order chi connectivity index (χ1) is 12.8. The van der Waals surface area contributed by atoms with Crippen molar-refractivity contribution in [2.24, 2.45) is 5.92 Å². The van der Waals surface area contributed by atoms with E-state index in [1.807, 2.05) is 6.92 Å². The van der Waals surface area contributed by atoms with Crippen LogP contribution >= 0.6 is 11.6 Å². The van der Waals surface area contributed by atoms with Gasteiger partial charge in [-0.05, 0) is 43.0 Å². The topological polar surface area (TPSA) is 92.8 Å². The van der Waals surface area contributed by atoms with Gasteiger partial charge in [-0.1, -0.05) is 31.4 Å². The number of ether oxygens (including phenoxy) is 1. The molecule has 0 bridgehead atoms. The Morgan fingerprint density at radius 3 is 2.63 bits per heavy atom. The Morgan fingerprint density at radius 1 is 1.26 bits per heavy atom. The second-order valence-electron chi connectivity index (χ2n) is 7.03. The highest BCUT2D eigenvalue weighted by molar-refractivity contribution is 6.30. The van der Waals surface area contributed by atoms with E-state index in [1.54, 1.807) is 12.1 Å². The summed E-state index contributed by atoms with van der Waals surface area (Å²) in [7, 11) is 0. The fourth-order valence-corrected chi connectivity index (χ4v) is 3.80. The zero-order valence-electron chi connectivity index (χ0n) is 15.0. The van der Waals surface area contributed by atoms with Gasteiger partial charge >= 0.3 is 12.0 Å². The fourth-order valence-electron chi connectivity index (χ4n) is 3.68. The number of hydrogen-bond acceptors (Lipinski definition) is 5. The van der Waals surface area contributed by atoms with Crippen LogP contribution in [0.5, 0.6) is 0 Å². The Labute approximate surface area is 162 Å². The quantitative estimate of drug-likeness (QED) is 0.472. The van der Waals surface area contributed by atoms with Gasteiger partial charge in [-0.25, -0.2) is 4.79 Å². The lowest BCUT2D eigenvalue weighted by Gasteiger charge is -2.36. The number of Topliss-reactive ketones (excluding diaryl/α,β-unsaturated/α-hetero) is 1. The number of nitrogens with one attached hydrogen (secondary N) is 1. The first kappa shape index (κ1) is 19.4. The van der Waals surface area contributed by atoms with E-state index in [1.165, 1.54) is 12.1 Å². The number of imide groups is 1. The van der Waals surface area contributed by atoms with Crippen LogP contribution in [0.25, 0.3) is 0 Å². The van der Waals surface area contributed by atoms with Crippen LogP contribution in [0.1, 0.15) is 43.0 Å². The number of urea groups is 1. The third kappa shape index (κ3) is 3.83. The monoisotopic (exact) mass is 392 g/mol. The molecule has 1 aliphatic carbocycles. The third-order valence-electron chi connectivity index (χ3n) is 5.32. The molecule has 1 aromatic carbocycles. The lowest BCUT2D eigenvalue weighted by molar-refractivity contribution is -0.147. The summed E-state index contributed by atoms with van der Waals surface area (Å²) in [6.07, 6.45) is 3.28. The van der Waals surface area contributed by atoms with Gasteiger partial charge in [0.25, 0.3) is 5.91 Å². The Kier molecular flexibility index (Phi) is 5.51. The molecule has 144 valence electrons. The molecule has 0 unspecified atom stereocenters. The molecular weight excluding hydrogens is 372 g/mol. The Balaban J connectivity index is 1.57. The number of nitrogens with zero attached hydrogens (tertiary/aromatic N) is 1. The molecule has 1 saturated carbocycles. The summed E-state index contributed by atoms with van der Waals surface area (Å²) >= 11 is 5.77. The van der Waals surface area contributed by atoms with Crippen LogP contribution in [-0.4, -0.2) is 47.3 Å². The molecule has 2 atom stereocenters. The van der Waals surface area contributed by atoms with E-state index in [4.69, 9.17) is 16.3 Å². The van der Waals surface area contributed by atoms with Crippen LogP contribution in [0.3, 0.4) is 0 Å². The predicted octanol–water partition coefficient (Wildman–Crippen LogP) is 2.57. The van der Waals surface area contributed by atoms with Crippen molar-refractivity contribution in [3.63, 3.8) is 0 Å². The van der Waals surface area contributed by atoms with E-state index in [0.29, 0.717) is 17.0 Å². The Bertz CT molecular complexity index is 779. The molecule has 2 fully saturated rings. The highest BCUT2D eigenvalue weighted by Crippen LogP contribution is 2.38. The number of hydrogen-bond donors (Lipinski definition) is 1. The van der Waals surface area contributed by atoms with Gasteiger partial charge in [0.15, 0.2) is 12.4 Å². The number of rotatable bonds is 5. The van der Waals surface area contributed by atoms with E-state index in [2.05, 4.69) is 5.32 Å². The van der Waals surface area contributed by atoms with Crippen molar-refractivity contribution in [3.05, 3.63) is 34.9 Å². The van der Waals surface area contributed by atoms with Gasteiger partial charge in [0, 0.05) is 10.6 Å². The summed E-state index contributed by atoms with van der Waals surface area (Å²) in [6, 6.07) is 5.60. The first-order valence-electron chi connectivity index (χ1n) is 8.92. The molecule has 0 radical (unpaired) electrons.